The Bertz CT molecular complexity index is 188. The van der Waals surface area contributed by atoms with Gasteiger partial charge in [0.25, 0.3) is 0 Å². The summed E-state index contributed by atoms with van der Waals surface area (Å²) in [6.45, 7) is 6.31. The fourth-order valence-electron chi connectivity index (χ4n) is 0.780. The number of rotatable bonds is 10. The first-order chi connectivity index (χ1) is 8.54. The van der Waals surface area contributed by atoms with E-state index in [0.29, 0.717) is 13.2 Å². The summed E-state index contributed by atoms with van der Waals surface area (Å²) in [5, 5.41) is 5.81. The Morgan fingerprint density at radius 1 is 0.833 bits per heavy atom. The number of Topliss-reactive ketones (excluding diaryl/α,β-unsaturated/α-hetero) is 2. The van der Waals surface area contributed by atoms with E-state index in [1.807, 2.05) is 14.1 Å². The average Bonchev–Trinajstić information content (AvgIpc) is 2.31. The smallest absolute Gasteiger partial charge is 0.155 e. The number of hydrogen-bond acceptors (Lipinski definition) is 6. The predicted octanol–water partition coefficient (Wildman–Crippen LogP) is -0.377. The molecule has 0 aliphatic rings. The van der Waals surface area contributed by atoms with Gasteiger partial charge in [0.2, 0.25) is 0 Å². The average molecular weight is 262 g/mol. The van der Waals surface area contributed by atoms with Crippen molar-refractivity contribution in [1.82, 2.24) is 10.6 Å². The Hall–Kier alpha value is -0.820. The SMILES string of the molecule is CNCCOCC(C)=O.CNCCOCC(C)=O. The Kier molecular flexibility index (Phi) is 17.5. The molecule has 0 fully saturated rings. The monoisotopic (exact) mass is 262 g/mol. The molecule has 6 heteroatoms. The summed E-state index contributed by atoms with van der Waals surface area (Å²) >= 11 is 0. The highest BCUT2D eigenvalue weighted by molar-refractivity contribution is 5.76. The molecule has 0 spiro atoms. The van der Waals surface area contributed by atoms with Crippen molar-refractivity contribution in [3.8, 4) is 0 Å². The number of carbonyl (C=O) groups excluding carboxylic acids is 2. The van der Waals surface area contributed by atoms with E-state index in [2.05, 4.69) is 10.6 Å². The quantitative estimate of drug-likeness (QED) is 0.523. The summed E-state index contributed by atoms with van der Waals surface area (Å²) in [5.41, 5.74) is 0. The first-order valence-corrected chi connectivity index (χ1v) is 5.98. The zero-order valence-corrected chi connectivity index (χ0v) is 11.9. The number of carbonyl (C=O) groups is 2. The van der Waals surface area contributed by atoms with E-state index in [0.717, 1.165) is 13.1 Å². The van der Waals surface area contributed by atoms with E-state index in [1.165, 1.54) is 13.8 Å². The van der Waals surface area contributed by atoms with Crippen LogP contribution >= 0.6 is 0 Å². The third-order valence-corrected chi connectivity index (χ3v) is 1.60. The van der Waals surface area contributed by atoms with Crippen molar-refractivity contribution in [2.45, 2.75) is 13.8 Å². The largest absolute Gasteiger partial charge is 0.372 e. The Labute approximate surface area is 109 Å². The van der Waals surface area contributed by atoms with E-state index in [1.54, 1.807) is 0 Å². The van der Waals surface area contributed by atoms with E-state index >= 15 is 0 Å². The lowest BCUT2D eigenvalue weighted by molar-refractivity contribution is -0.122. The van der Waals surface area contributed by atoms with E-state index in [-0.39, 0.29) is 24.8 Å². The molecule has 0 saturated heterocycles. The van der Waals surface area contributed by atoms with Gasteiger partial charge in [-0.1, -0.05) is 0 Å². The van der Waals surface area contributed by atoms with Gasteiger partial charge in [-0.3, -0.25) is 9.59 Å². The molecular weight excluding hydrogens is 236 g/mol. The van der Waals surface area contributed by atoms with Crippen LogP contribution in [0, 0.1) is 0 Å². The van der Waals surface area contributed by atoms with Gasteiger partial charge in [-0.2, -0.15) is 0 Å². The Morgan fingerprint density at radius 2 is 1.17 bits per heavy atom. The molecule has 0 aromatic carbocycles. The van der Waals surface area contributed by atoms with Crippen molar-refractivity contribution >= 4 is 11.6 Å². The molecule has 0 unspecified atom stereocenters. The molecule has 18 heavy (non-hydrogen) atoms. The summed E-state index contributed by atoms with van der Waals surface area (Å²) in [7, 11) is 3.69. The van der Waals surface area contributed by atoms with Crippen molar-refractivity contribution in [1.29, 1.82) is 0 Å². The van der Waals surface area contributed by atoms with Crippen LogP contribution < -0.4 is 10.6 Å². The maximum Gasteiger partial charge on any atom is 0.155 e. The summed E-state index contributed by atoms with van der Waals surface area (Å²) in [4.78, 5) is 20.5. The second-order valence-electron chi connectivity index (χ2n) is 3.72. The zero-order valence-electron chi connectivity index (χ0n) is 11.9. The molecule has 0 aliphatic carbocycles. The van der Waals surface area contributed by atoms with Crippen LogP contribution in [-0.2, 0) is 19.1 Å². The molecule has 2 N–H and O–H groups in total. The molecule has 0 radical (unpaired) electrons. The first-order valence-electron chi connectivity index (χ1n) is 5.98. The highest BCUT2D eigenvalue weighted by Gasteiger charge is 1.90. The van der Waals surface area contributed by atoms with E-state index in [9.17, 15) is 9.59 Å². The molecule has 0 heterocycles. The van der Waals surface area contributed by atoms with Gasteiger partial charge in [0.05, 0.1) is 13.2 Å². The standard InChI is InChI=1S/2C6H13NO2/c2*1-6(8)5-9-4-3-7-2/h2*7H,3-5H2,1-2H3. The second-order valence-corrected chi connectivity index (χ2v) is 3.72. The molecular formula is C12H26N2O4. The number of ether oxygens (including phenoxy) is 2. The van der Waals surface area contributed by atoms with Crippen LogP contribution in [0.25, 0.3) is 0 Å². The topological polar surface area (TPSA) is 76.7 Å². The molecule has 0 aromatic rings. The zero-order chi connectivity index (χ0) is 14.2. The van der Waals surface area contributed by atoms with Crippen LogP contribution in [0.15, 0.2) is 0 Å². The van der Waals surface area contributed by atoms with Gasteiger partial charge in [-0.25, -0.2) is 0 Å². The van der Waals surface area contributed by atoms with Gasteiger partial charge >= 0.3 is 0 Å². The third-order valence-electron chi connectivity index (χ3n) is 1.60. The number of nitrogens with one attached hydrogen (secondary N) is 2. The van der Waals surface area contributed by atoms with E-state index in [4.69, 9.17) is 9.47 Å². The van der Waals surface area contributed by atoms with Crippen LogP contribution in [-0.4, -0.2) is 65.2 Å². The van der Waals surface area contributed by atoms with Crippen molar-refractivity contribution in [2.75, 3.05) is 53.6 Å². The molecule has 0 aliphatic heterocycles. The van der Waals surface area contributed by atoms with Gasteiger partial charge < -0.3 is 20.1 Å². The molecule has 0 aromatic heterocycles. The summed E-state index contributed by atoms with van der Waals surface area (Å²) in [6.07, 6.45) is 0. The molecule has 0 atom stereocenters. The van der Waals surface area contributed by atoms with Crippen LogP contribution in [0.3, 0.4) is 0 Å². The lowest BCUT2D eigenvalue weighted by Gasteiger charge is -1.98. The van der Waals surface area contributed by atoms with Gasteiger partial charge in [0.1, 0.15) is 13.2 Å². The summed E-state index contributed by atoms with van der Waals surface area (Å²) in [5.74, 6) is 0.150. The fourth-order valence-corrected chi connectivity index (χ4v) is 0.780. The highest BCUT2D eigenvalue weighted by atomic mass is 16.5. The maximum absolute atomic E-state index is 10.3. The first kappa shape index (κ1) is 19.5. The van der Waals surface area contributed by atoms with Gasteiger partial charge in [0, 0.05) is 13.1 Å². The van der Waals surface area contributed by atoms with Crippen molar-refractivity contribution in [2.24, 2.45) is 0 Å². The van der Waals surface area contributed by atoms with Crippen LogP contribution in [0.1, 0.15) is 13.8 Å². The third kappa shape index (κ3) is 24.4. The number of hydrogen-bond donors (Lipinski definition) is 2. The summed E-state index contributed by atoms with van der Waals surface area (Å²) < 4.78 is 9.85. The predicted molar refractivity (Wildman–Crippen MR) is 70.9 cm³/mol. The normalized spacial score (nSPS) is 9.56. The molecule has 0 bridgehead atoms. The minimum absolute atomic E-state index is 0.0751. The van der Waals surface area contributed by atoms with Crippen LogP contribution in [0.2, 0.25) is 0 Å². The molecule has 0 amide bonds. The summed E-state index contributed by atoms with van der Waals surface area (Å²) in [6, 6.07) is 0. The Morgan fingerprint density at radius 3 is 1.39 bits per heavy atom. The molecule has 0 rings (SSSR count). The lowest BCUT2D eigenvalue weighted by Crippen LogP contribution is -2.16. The van der Waals surface area contributed by atoms with Gasteiger partial charge in [-0.05, 0) is 27.9 Å². The van der Waals surface area contributed by atoms with Crippen LogP contribution in [0.5, 0.6) is 0 Å². The van der Waals surface area contributed by atoms with Crippen molar-refractivity contribution in [3.63, 3.8) is 0 Å². The number of ketones is 2. The molecule has 6 nitrogen and oxygen atoms in total. The minimum atomic E-state index is 0.0751. The maximum atomic E-state index is 10.3. The lowest BCUT2D eigenvalue weighted by atomic mass is 10.5. The number of likely N-dealkylation sites (N-methyl/N-ethyl adjacent to an activating group) is 2. The fraction of sp³-hybridized carbons (Fsp3) is 0.833. The second kappa shape index (κ2) is 16.2. The van der Waals surface area contributed by atoms with Crippen molar-refractivity contribution in [3.05, 3.63) is 0 Å². The highest BCUT2D eigenvalue weighted by Crippen LogP contribution is 1.74. The van der Waals surface area contributed by atoms with E-state index < -0.39 is 0 Å². The molecule has 0 saturated carbocycles. The van der Waals surface area contributed by atoms with Crippen molar-refractivity contribution < 1.29 is 19.1 Å². The minimum Gasteiger partial charge on any atom is -0.372 e. The van der Waals surface area contributed by atoms with Gasteiger partial charge in [-0.15, -0.1) is 0 Å². The molecule has 108 valence electrons. The van der Waals surface area contributed by atoms with Crippen LogP contribution in [0.4, 0.5) is 0 Å². The Balaban J connectivity index is 0. The van der Waals surface area contributed by atoms with Gasteiger partial charge in [0.15, 0.2) is 11.6 Å².